The zero-order chi connectivity index (χ0) is 20.8. The van der Waals surface area contributed by atoms with E-state index in [1.807, 2.05) is 11.8 Å². The Morgan fingerprint density at radius 1 is 1.07 bits per heavy atom. The molecule has 0 radical (unpaired) electrons. The molecule has 0 saturated carbocycles. The van der Waals surface area contributed by atoms with Gasteiger partial charge >= 0.3 is 5.97 Å². The van der Waals surface area contributed by atoms with Crippen molar-refractivity contribution in [1.82, 2.24) is 4.90 Å². The Bertz CT molecular complexity index is 871. The fourth-order valence-electron chi connectivity index (χ4n) is 3.79. The minimum atomic E-state index is -1.07. The van der Waals surface area contributed by atoms with Crippen LogP contribution in [0.1, 0.15) is 47.2 Å². The average molecular weight is 397 g/mol. The van der Waals surface area contributed by atoms with Crippen LogP contribution in [0.2, 0.25) is 0 Å². The summed E-state index contributed by atoms with van der Waals surface area (Å²) in [5.74, 6) is 0.0765. The van der Waals surface area contributed by atoms with Gasteiger partial charge in [-0.3, -0.25) is 4.79 Å². The lowest BCUT2D eigenvalue weighted by Gasteiger charge is -2.33. The van der Waals surface area contributed by atoms with Crippen molar-refractivity contribution < 1.29 is 24.2 Å². The summed E-state index contributed by atoms with van der Waals surface area (Å²) in [5, 5.41) is 8.80. The van der Waals surface area contributed by atoms with Gasteiger partial charge in [-0.1, -0.05) is 24.3 Å². The maximum Gasteiger partial charge on any atom is 0.341 e. The fourth-order valence-corrected chi connectivity index (χ4v) is 3.79. The number of piperidine rings is 1. The molecule has 1 fully saturated rings. The van der Waals surface area contributed by atoms with Gasteiger partial charge in [-0.25, -0.2) is 4.79 Å². The molecule has 0 aliphatic carbocycles. The summed E-state index contributed by atoms with van der Waals surface area (Å²) in [6, 6.07) is 13.3. The predicted octanol–water partition coefficient (Wildman–Crippen LogP) is 3.88. The topological polar surface area (TPSA) is 76.1 Å². The lowest BCUT2D eigenvalue weighted by Crippen LogP contribution is -2.38. The van der Waals surface area contributed by atoms with E-state index in [-0.39, 0.29) is 5.91 Å². The first-order valence-corrected chi connectivity index (χ1v) is 9.95. The van der Waals surface area contributed by atoms with Crippen LogP contribution >= 0.6 is 0 Å². The third-order valence-electron chi connectivity index (χ3n) is 5.25. The number of benzene rings is 2. The molecule has 0 unspecified atom stereocenters. The highest BCUT2D eigenvalue weighted by Gasteiger charge is 2.26. The maximum atomic E-state index is 13.0. The second kappa shape index (κ2) is 9.45. The molecule has 1 amide bonds. The second-order valence-electron chi connectivity index (χ2n) is 7.20. The Balaban J connectivity index is 1.68. The molecule has 0 aromatic heterocycles. The zero-order valence-corrected chi connectivity index (χ0v) is 16.9. The van der Waals surface area contributed by atoms with Crippen molar-refractivity contribution in [3.05, 3.63) is 59.2 Å². The number of aryl methyl sites for hydroxylation is 1. The molecule has 2 aromatic carbocycles. The largest absolute Gasteiger partial charge is 0.490 e. The normalized spacial score (nSPS) is 14.5. The Morgan fingerprint density at radius 3 is 2.45 bits per heavy atom. The smallest absolute Gasteiger partial charge is 0.341 e. The van der Waals surface area contributed by atoms with E-state index in [2.05, 4.69) is 31.2 Å². The summed E-state index contributed by atoms with van der Waals surface area (Å²) < 4.78 is 10.8. The van der Waals surface area contributed by atoms with Crippen LogP contribution in [0.3, 0.4) is 0 Å². The average Bonchev–Trinajstić information content (AvgIpc) is 2.73. The van der Waals surface area contributed by atoms with Crippen LogP contribution < -0.4 is 9.47 Å². The first-order valence-electron chi connectivity index (χ1n) is 9.95. The third kappa shape index (κ3) is 5.08. The van der Waals surface area contributed by atoms with Crippen molar-refractivity contribution in [3.63, 3.8) is 0 Å². The van der Waals surface area contributed by atoms with Crippen molar-refractivity contribution in [1.29, 1.82) is 0 Å². The monoisotopic (exact) mass is 397 g/mol. The fraction of sp³-hybridized carbons (Fsp3) is 0.391. The summed E-state index contributed by atoms with van der Waals surface area (Å²) in [5.41, 5.74) is 3.19. The van der Waals surface area contributed by atoms with Crippen molar-refractivity contribution >= 4 is 11.9 Å². The SMILES string of the molecule is CCOc1cc(C(=O)N2CCC(c3ccccc3C)CC2)ccc1OCC(=O)O. The van der Waals surface area contributed by atoms with Gasteiger partial charge in [0.2, 0.25) is 0 Å². The summed E-state index contributed by atoms with van der Waals surface area (Å²) in [7, 11) is 0. The van der Waals surface area contributed by atoms with E-state index in [1.165, 1.54) is 11.1 Å². The highest BCUT2D eigenvalue weighted by molar-refractivity contribution is 5.95. The van der Waals surface area contributed by atoms with Gasteiger partial charge in [0.25, 0.3) is 5.91 Å². The van der Waals surface area contributed by atoms with Crippen molar-refractivity contribution in [2.45, 2.75) is 32.6 Å². The molecule has 0 bridgehead atoms. The summed E-state index contributed by atoms with van der Waals surface area (Å²) in [6.07, 6.45) is 1.88. The van der Waals surface area contributed by atoms with Gasteiger partial charge in [-0.2, -0.15) is 0 Å². The number of likely N-dealkylation sites (tertiary alicyclic amines) is 1. The zero-order valence-electron chi connectivity index (χ0n) is 16.9. The molecule has 0 spiro atoms. The van der Waals surface area contributed by atoms with Crippen LogP contribution in [-0.4, -0.2) is 48.2 Å². The number of ether oxygens (including phenoxy) is 2. The van der Waals surface area contributed by atoms with Crippen LogP contribution in [0.4, 0.5) is 0 Å². The first kappa shape index (κ1) is 20.7. The Kier molecular flexibility index (Phi) is 6.75. The van der Waals surface area contributed by atoms with Crippen LogP contribution in [-0.2, 0) is 4.79 Å². The number of rotatable bonds is 7. The van der Waals surface area contributed by atoms with E-state index >= 15 is 0 Å². The molecule has 1 heterocycles. The number of nitrogens with zero attached hydrogens (tertiary/aromatic N) is 1. The number of carboxylic acid groups (broad SMARTS) is 1. The number of amides is 1. The predicted molar refractivity (Wildman–Crippen MR) is 110 cm³/mol. The number of carbonyl (C=O) groups is 2. The van der Waals surface area contributed by atoms with Gasteiger partial charge < -0.3 is 19.5 Å². The van der Waals surface area contributed by atoms with E-state index in [4.69, 9.17) is 14.6 Å². The third-order valence-corrected chi connectivity index (χ3v) is 5.25. The summed E-state index contributed by atoms with van der Waals surface area (Å²) in [6.45, 7) is 5.31. The van der Waals surface area contributed by atoms with Crippen molar-refractivity contribution in [2.75, 3.05) is 26.3 Å². The van der Waals surface area contributed by atoms with E-state index in [1.54, 1.807) is 18.2 Å². The molecular formula is C23H27NO5. The summed E-state index contributed by atoms with van der Waals surface area (Å²) in [4.78, 5) is 25.6. The molecular weight excluding hydrogens is 370 g/mol. The molecule has 1 N–H and O–H groups in total. The van der Waals surface area contributed by atoms with Crippen LogP contribution in [0.25, 0.3) is 0 Å². The van der Waals surface area contributed by atoms with Crippen LogP contribution in [0, 0.1) is 6.92 Å². The number of hydrogen-bond acceptors (Lipinski definition) is 4. The number of carbonyl (C=O) groups excluding carboxylic acids is 1. The molecule has 1 saturated heterocycles. The molecule has 154 valence electrons. The lowest BCUT2D eigenvalue weighted by atomic mass is 9.87. The maximum absolute atomic E-state index is 13.0. The Labute approximate surface area is 171 Å². The molecule has 2 aromatic rings. The first-order chi connectivity index (χ1) is 14.0. The Morgan fingerprint density at radius 2 is 1.79 bits per heavy atom. The standard InChI is InChI=1S/C23H27NO5/c1-3-28-21-14-18(8-9-20(21)29-15-22(25)26)23(27)24-12-10-17(11-13-24)19-7-5-4-6-16(19)2/h4-9,14,17H,3,10-13,15H2,1-2H3,(H,25,26). The van der Waals surface area contributed by atoms with Gasteiger partial charge in [-0.15, -0.1) is 0 Å². The minimum absolute atomic E-state index is 0.0426. The van der Waals surface area contributed by atoms with Crippen LogP contribution in [0.5, 0.6) is 11.5 Å². The quantitative estimate of drug-likeness (QED) is 0.767. The molecule has 6 nitrogen and oxygen atoms in total. The van der Waals surface area contributed by atoms with Crippen molar-refractivity contribution in [3.8, 4) is 11.5 Å². The molecule has 29 heavy (non-hydrogen) atoms. The highest BCUT2D eigenvalue weighted by Crippen LogP contribution is 2.32. The van der Waals surface area contributed by atoms with E-state index in [0.29, 0.717) is 42.7 Å². The molecule has 6 heteroatoms. The van der Waals surface area contributed by atoms with E-state index in [9.17, 15) is 9.59 Å². The van der Waals surface area contributed by atoms with Gasteiger partial charge in [0.1, 0.15) is 0 Å². The molecule has 1 aliphatic heterocycles. The number of hydrogen-bond donors (Lipinski definition) is 1. The summed E-state index contributed by atoms with van der Waals surface area (Å²) >= 11 is 0. The highest BCUT2D eigenvalue weighted by atomic mass is 16.5. The number of carboxylic acids is 1. The van der Waals surface area contributed by atoms with E-state index in [0.717, 1.165) is 12.8 Å². The second-order valence-corrected chi connectivity index (χ2v) is 7.20. The molecule has 0 atom stereocenters. The van der Waals surface area contributed by atoms with Gasteiger partial charge in [0, 0.05) is 18.7 Å². The van der Waals surface area contributed by atoms with Gasteiger partial charge in [0.15, 0.2) is 18.1 Å². The Hall–Kier alpha value is -3.02. The lowest BCUT2D eigenvalue weighted by molar-refractivity contribution is -0.139. The van der Waals surface area contributed by atoms with Crippen molar-refractivity contribution in [2.24, 2.45) is 0 Å². The molecule has 3 rings (SSSR count). The minimum Gasteiger partial charge on any atom is -0.490 e. The number of aliphatic carboxylic acids is 1. The van der Waals surface area contributed by atoms with Gasteiger partial charge in [-0.05, 0) is 61.9 Å². The van der Waals surface area contributed by atoms with Crippen LogP contribution in [0.15, 0.2) is 42.5 Å². The van der Waals surface area contributed by atoms with Gasteiger partial charge in [0.05, 0.1) is 6.61 Å². The van der Waals surface area contributed by atoms with E-state index < -0.39 is 12.6 Å². The molecule has 1 aliphatic rings.